The predicted octanol–water partition coefficient (Wildman–Crippen LogP) is 5.38. The van der Waals surface area contributed by atoms with Crippen LogP contribution in [0.4, 0.5) is 0 Å². The van der Waals surface area contributed by atoms with Crippen molar-refractivity contribution in [2.24, 2.45) is 0 Å². The minimum atomic E-state index is -3.59. The zero-order valence-electron chi connectivity index (χ0n) is 15.7. The average molecular weight is 407 g/mol. The van der Waals surface area contributed by atoms with Gasteiger partial charge in [0, 0.05) is 18.3 Å². The Balaban J connectivity index is 2.51. The lowest BCUT2D eigenvalue weighted by Gasteiger charge is -2.22. The highest BCUT2D eigenvalue weighted by Gasteiger charge is 2.22. The number of hydrogen-bond donors (Lipinski definition) is 0. The Morgan fingerprint density at radius 1 is 1.08 bits per heavy atom. The van der Waals surface area contributed by atoms with Crippen LogP contribution >= 0.6 is 11.6 Å². The molecule has 0 N–H and O–H groups in total. The Morgan fingerprint density at radius 2 is 1.65 bits per heavy atom. The summed E-state index contributed by atoms with van der Waals surface area (Å²) in [5.41, 5.74) is 1.96. The van der Waals surface area contributed by atoms with Gasteiger partial charge in [-0.1, -0.05) is 73.4 Å². The highest BCUT2D eigenvalue weighted by molar-refractivity contribution is 7.89. The lowest BCUT2D eigenvalue weighted by Crippen LogP contribution is -2.24. The van der Waals surface area contributed by atoms with Crippen LogP contribution < -0.4 is 0 Å². The van der Waals surface area contributed by atoms with Crippen LogP contribution in [-0.2, 0) is 10.0 Å². The van der Waals surface area contributed by atoms with Gasteiger partial charge in [0.2, 0.25) is 0 Å². The predicted molar refractivity (Wildman–Crippen MR) is 112 cm³/mol. The lowest BCUT2D eigenvalue weighted by molar-refractivity contribution is 0.539. The van der Waals surface area contributed by atoms with Gasteiger partial charge >= 0.3 is 0 Å². The van der Waals surface area contributed by atoms with Crippen LogP contribution in [-0.4, -0.2) is 28.6 Å². The zero-order chi connectivity index (χ0) is 19.3. The highest BCUT2D eigenvalue weighted by Crippen LogP contribution is 2.30. The Kier molecular flexibility index (Phi) is 7.09. The molecule has 0 atom stereocenters. The van der Waals surface area contributed by atoms with E-state index >= 15 is 0 Å². The Labute approximate surface area is 164 Å². The topological polar surface area (TPSA) is 37.4 Å². The SMILES string of the molecule is CC[Si](CC)/C(=C\N(C)S(=O)(=O)c1ccc(C)cc1)c1ccccc1Cl. The summed E-state index contributed by atoms with van der Waals surface area (Å²) in [7, 11) is -2.91. The third-order valence-electron chi connectivity index (χ3n) is 4.41. The van der Waals surface area contributed by atoms with Crippen molar-refractivity contribution in [1.29, 1.82) is 0 Å². The molecule has 0 fully saturated rings. The first kappa shape index (κ1) is 20.7. The van der Waals surface area contributed by atoms with Crippen LogP contribution in [0.15, 0.2) is 59.6 Å². The summed E-state index contributed by atoms with van der Waals surface area (Å²) in [5.74, 6) is 0. The van der Waals surface area contributed by atoms with Crippen LogP contribution in [0.2, 0.25) is 17.1 Å². The van der Waals surface area contributed by atoms with E-state index in [0.29, 0.717) is 9.92 Å². The maximum absolute atomic E-state index is 13.0. The molecule has 0 spiro atoms. The zero-order valence-corrected chi connectivity index (χ0v) is 18.2. The quantitative estimate of drug-likeness (QED) is 0.578. The van der Waals surface area contributed by atoms with E-state index in [2.05, 4.69) is 13.8 Å². The van der Waals surface area contributed by atoms with E-state index in [-0.39, 0.29) is 0 Å². The number of halogens is 1. The summed E-state index contributed by atoms with van der Waals surface area (Å²) in [6, 6.07) is 16.6. The summed E-state index contributed by atoms with van der Waals surface area (Å²) in [4.78, 5) is 0.294. The molecule has 2 rings (SSSR count). The average Bonchev–Trinajstić information content (AvgIpc) is 2.62. The molecule has 0 aromatic heterocycles. The normalized spacial score (nSPS) is 12.5. The molecule has 0 saturated carbocycles. The second-order valence-corrected chi connectivity index (χ2v) is 11.7. The maximum atomic E-state index is 13.0. The third-order valence-corrected chi connectivity index (χ3v) is 9.34. The van der Waals surface area contributed by atoms with Crippen LogP contribution in [0, 0.1) is 6.92 Å². The number of rotatable bonds is 7. The van der Waals surface area contributed by atoms with E-state index < -0.39 is 18.8 Å². The molecule has 0 saturated heterocycles. The number of benzene rings is 2. The summed E-state index contributed by atoms with van der Waals surface area (Å²) >= 11 is 6.42. The van der Waals surface area contributed by atoms with Gasteiger partial charge in [-0.15, -0.1) is 0 Å². The van der Waals surface area contributed by atoms with Crippen molar-refractivity contribution in [3.63, 3.8) is 0 Å². The van der Waals surface area contributed by atoms with Gasteiger partial charge < -0.3 is 0 Å². The molecule has 0 amide bonds. The molecule has 1 radical (unpaired) electrons. The van der Waals surface area contributed by atoms with Gasteiger partial charge in [0.05, 0.1) is 13.7 Å². The van der Waals surface area contributed by atoms with Gasteiger partial charge in [-0.3, -0.25) is 4.31 Å². The van der Waals surface area contributed by atoms with E-state index in [1.54, 1.807) is 25.4 Å². The summed E-state index contributed by atoms with van der Waals surface area (Å²) in [6.07, 6.45) is 1.76. The fourth-order valence-corrected chi connectivity index (χ4v) is 6.49. The molecular formula is C20H25ClNO2SSi. The van der Waals surface area contributed by atoms with Crippen LogP contribution in [0.5, 0.6) is 0 Å². The van der Waals surface area contributed by atoms with Crippen molar-refractivity contribution < 1.29 is 8.42 Å². The van der Waals surface area contributed by atoms with Crippen LogP contribution in [0.25, 0.3) is 5.20 Å². The van der Waals surface area contributed by atoms with Crippen LogP contribution in [0.1, 0.15) is 25.0 Å². The molecule has 0 unspecified atom stereocenters. The molecule has 26 heavy (non-hydrogen) atoms. The lowest BCUT2D eigenvalue weighted by atomic mass is 10.2. The molecule has 0 aliphatic rings. The third kappa shape index (κ3) is 4.58. The van der Waals surface area contributed by atoms with E-state index in [0.717, 1.165) is 28.4 Å². The molecule has 139 valence electrons. The maximum Gasteiger partial charge on any atom is 0.263 e. The van der Waals surface area contributed by atoms with Gasteiger partial charge in [0.25, 0.3) is 10.0 Å². The van der Waals surface area contributed by atoms with Crippen LogP contribution in [0.3, 0.4) is 0 Å². The van der Waals surface area contributed by atoms with Gasteiger partial charge in [-0.25, -0.2) is 8.42 Å². The molecule has 2 aromatic carbocycles. The molecule has 3 nitrogen and oxygen atoms in total. The van der Waals surface area contributed by atoms with Crippen molar-refractivity contribution in [1.82, 2.24) is 4.31 Å². The molecule has 2 aromatic rings. The molecule has 0 bridgehead atoms. The highest BCUT2D eigenvalue weighted by atomic mass is 35.5. The molecule has 0 aliphatic heterocycles. The minimum Gasteiger partial charge on any atom is -0.277 e. The van der Waals surface area contributed by atoms with E-state index in [1.807, 2.05) is 43.3 Å². The summed E-state index contributed by atoms with van der Waals surface area (Å²) in [6.45, 7) is 6.24. The number of hydrogen-bond acceptors (Lipinski definition) is 2. The van der Waals surface area contributed by atoms with Crippen molar-refractivity contribution >= 4 is 35.6 Å². The van der Waals surface area contributed by atoms with Gasteiger partial charge in [-0.2, -0.15) is 0 Å². The number of nitrogens with zero attached hydrogens (tertiary/aromatic N) is 1. The molecular weight excluding hydrogens is 382 g/mol. The number of aryl methyl sites for hydroxylation is 1. The molecule has 6 heteroatoms. The fraction of sp³-hybridized carbons (Fsp3) is 0.300. The van der Waals surface area contributed by atoms with E-state index in [9.17, 15) is 8.42 Å². The Morgan fingerprint density at radius 3 is 2.19 bits per heavy atom. The summed E-state index contributed by atoms with van der Waals surface area (Å²) in [5, 5.41) is 1.70. The minimum absolute atomic E-state index is 0.294. The van der Waals surface area contributed by atoms with Crippen molar-refractivity contribution in [3.05, 3.63) is 70.9 Å². The Hall–Kier alpha value is -1.56. The van der Waals surface area contributed by atoms with Crippen molar-refractivity contribution in [2.45, 2.75) is 37.8 Å². The summed E-state index contributed by atoms with van der Waals surface area (Å²) < 4.78 is 27.2. The molecule has 0 aliphatic carbocycles. The van der Waals surface area contributed by atoms with Crippen molar-refractivity contribution in [2.75, 3.05) is 7.05 Å². The first-order valence-electron chi connectivity index (χ1n) is 8.67. The van der Waals surface area contributed by atoms with E-state index in [4.69, 9.17) is 11.6 Å². The second kappa shape index (κ2) is 8.89. The standard InChI is InChI=1S/C20H25ClNO2SSi/c1-5-26(6-2)20(18-9-7-8-10-19(18)21)15-22(4)25(23,24)17-13-11-16(3)12-14-17/h7-15H,5-6H2,1-4H3/b20-15-. The molecule has 0 heterocycles. The largest absolute Gasteiger partial charge is 0.277 e. The second-order valence-electron chi connectivity index (χ2n) is 6.17. The first-order chi connectivity index (χ1) is 12.3. The van der Waals surface area contributed by atoms with Gasteiger partial charge in [0.15, 0.2) is 0 Å². The van der Waals surface area contributed by atoms with Gasteiger partial charge in [0.1, 0.15) is 0 Å². The Bertz CT molecular complexity index is 875. The van der Waals surface area contributed by atoms with E-state index in [1.165, 1.54) is 4.31 Å². The van der Waals surface area contributed by atoms with Crippen molar-refractivity contribution in [3.8, 4) is 0 Å². The number of sulfonamides is 1. The smallest absolute Gasteiger partial charge is 0.263 e. The first-order valence-corrected chi connectivity index (χ1v) is 12.4. The van der Waals surface area contributed by atoms with Gasteiger partial charge in [-0.05, 0) is 35.9 Å². The monoisotopic (exact) mass is 406 g/mol. The fourth-order valence-electron chi connectivity index (χ4n) is 2.79.